The number of rotatable bonds is 5. The maximum atomic E-state index is 12.9. The van der Waals surface area contributed by atoms with E-state index in [1.807, 2.05) is 6.07 Å². The summed E-state index contributed by atoms with van der Waals surface area (Å²) in [5, 5.41) is 9.90. The quantitative estimate of drug-likeness (QED) is 0.906. The van der Waals surface area contributed by atoms with Gasteiger partial charge in [0.25, 0.3) is 0 Å². The van der Waals surface area contributed by atoms with Crippen molar-refractivity contribution >= 4 is 0 Å². The summed E-state index contributed by atoms with van der Waals surface area (Å²) in [7, 11) is 0. The molecule has 124 valence electrons. The molecule has 0 aromatic heterocycles. The van der Waals surface area contributed by atoms with Gasteiger partial charge in [0, 0.05) is 13.0 Å². The Morgan fingerprint density at radius 2 is 1.91 bits per heavy atom. The van der Waals surface area contributed by atoms with E-state index in [4.69, 9.17) is 14.2 Å². The van der Waals surface area contributed by atoms with Crippen molar-refractivity contribution in [3.05, 3.63) is 35.9 Å². The molecule has 0 saturated carbocycles. The summed E-state index contributed by atoms with van der Waals surface area (Å²) in [4.78, 5) is 0. The van der Waals surface area contributed by atoms with E-state index in [-0.39, 0.29) is 19.6 Å². The Labute approximate surface area is 126 Å². The van der Waals surface area contributed by atoms with Crippen LogP contribution in [-0.4, -0.2) is 42.5 Å². The van der Waals surface area contributed by atoms with Gasteiger partial charge in [-0.2, -0.15) is 13.2 Å². The standard InChI is InChI=1S/C15H19F3O4/c1-2-20-12-8-11(13(19)14(22-12)15(16,17)18)21-9-10-6-4-3-5-7-10/h3-7,11-14,19H,2,8-9H2,1H3/t11-,12-,13+,14+/m1/s1. The van der Waals surface area contributed by atoms with Gasteiger partial charge in [-0.05, 0) is 12.5 Å². The highest BCUT2D eigenvalue weighted by molar-refractivity contribution is 5.13. The van der Waals surface area contributed by atoms with E-state index in [0.29, 0.717) is 0 Å². The van der Waals surface area contributed by atoms with Gasteiger partial charge in [-0.3, -0.25) is 0 Å². The van der Waals surface area contributed by atoms with E-state index in [1.165, 1.54) is 0 Å². The SMILES string of the molecule is CCO[C@H]1C[C@@H](OCc2ccccc2)[C@H](O)[C@@H](C(F)(F)F)O1. The predicted molar refractivity (Wildman–Crippen MR) is 72.0 cm³/mol. The zero-order chi connectivity index (χ0) is 16.2. The fraction of sp³-hybridized carbons (Fsp3) is 0.600. The van der Waals surface area contributed by atoms with Crippen LogP contribution < -0.4 is 0 Å². The van der Waals surface area contributed by atoms with E-state index < -0.39 is 30.8 Å². The molecule has 2 rings (SSSR count). The number of ether oxygens (including phenoxy) is 3. The number of halogens is 3. The zero-order valence-corrected chi connectivity index (χ0v) is 12.1. The third-order valence-electron chi connectivity index (χ3n) is 3.40. The lowest BCUT2D eigenvalue weighted by Gasteiger charge is -2.39. The Bertz CT molecular complexity index is 452. The van der Waals surface area contributed by atoms with Crippen LogP contribution in [0.5, 0.6) is 0 Å². The monoisotopic (exact) mass is 320 g/mol. The first-order chi connectivity index (χ1) is 10.4. The maximum absolute atomic E-state index is 12.9. The molecule has 0 aliphatic carbocycles. The molecule has 1 aliphatic heterocycles. The second-order valence-corrected chi connectivity index (χ2v) is 5.04. The zero-order valence-electron chi connectivity index (χ0n) is 12.1. The second kappa shape index (κ2) is 7.41. The van der Waals surface area contributed by atoms with Gasteiger partial charge >= 0.3 is 6.18 Å². The molecule has 1 aromatic rings. The van der Waals surface area contributed by atoms with Crippen molar-refractivity contribution in [2.24, 2.45) is 0 Å². The minimum Gasteiger partial charge on any atom is -0.387 e. The van der Waals surface area contributed by atoms with Crippen molar-refractivity contribution in [3.63, 3.8) is 0 Å². The molecule has 1 heterocycles. The molecule has 0 amide bonds. The van der Waals surface area contributed by atoms with E-state index in [2.05, 4.69) is 0 Å². The summed E-state index contributed by atoms with van der Waals surface area (Å²) < 4.78 is 54.2. The number of aliphatic hydroxyl groups is 1. The summed E-state index contributed by atoms with van der Waals surface area (Å²) in [6, 6.07) is 9.04. The van der Waals surface area contributed by atoms with Crippen LogP contribution in [0.25, 0.3) is 0 Å². The van der Waals surface area contributed by atoms with Crippen LogP contribution >= 0.6 is 0 Å². The molecule has 0 radical (unpaired) electrons. The first kappa shape index (κ1) is 17.2. The topological polar surface area (TPSA) is 47.9 Å². The highest BCUT2D eigenvalue weighted by atomic mass is 19.4. The maximum Gasteiger partial charge on any atom is 0.417 e. The van der Waals surface area contributed by atoms with Crippen molar-refractivity contribution < 1.29 is 32.5 Å². The lowest BCUT2D eigenvalue weighted by atomic mass is 10.0. The third-order valence-corrected chi connectivity index (χ3v) is 3.40. The number of hydrogen-bond donors (Lipinski definition) is 1. The molecule has 1 aliphatic rings. The van der Waals surface area contributed by atoms with Crippen molar-refractivity contribution in [1.82, 2.24) is 0 Å². The van der Waals surface area contributed by atoms with E-state index in [0.717, 1.165) is 5.56 Å². The third kappa shape index (κ3) is 4.42. The van der Waals surface area contributed by atoms with Gasteiger partial charge in [0.2, 0.25) is 0 Å². The molecule has 1 aromatic carbocycles. The molecule has 1 fully saturated rings. The highest BCUT2D eigenvalue weighted by Crippen LogP contribution is 2.34. The predicted octanol–water partition coefficient (Wildman–Crippen LogP) is 2.65. The number of benzene rings is 1. The van der Waals surface area contributed by atoms with Crippen molar-refractivity contribution in [1.29, 1.82) is 0 Å². The molecule has 1 N–H and O–H groups in total. The smallest absolute Gasteiger partial charge is 0.387 e. The average molecular weight is 320 g/mol. The molecule has 7 heteroatoms. The summed E-state index contributed by atoms with van der Waals surface area (Å²) in [6.45, 7) is 2.00. The summed E-state index contributed by atoms with van der Waals surface area (Å²) in [5.74, 6) is 0. The first-order valence-corrected chi connectivity index (χ1v) is 7.09. The van der Waals surface area contributed by atoms with Gasteiger partial charge in [0.1, 0.15) is 6.10 Å². The van der Waals surface area contributed by atoms with Gasteiger partial charge in [0.05, 0.1) is 12.7 Å². The fourth-order valence-corrected chi connectivity index (χ4v) is 2.33. The molecule has 22 heavy (non-hydrogen) atoms. The average Bonchev–Trinajstić information content (AvgIpc) is 2.47. The van der Waals surface area contributed by atoms with Crippen LogP contribution in [0.4, 0.5) is 13.2 Å². The minimum atomic E-state index is -4.68. The van der Waals surface area contributed by atoms with E-state index >= 15 is 0 Å². The number of hydrogen-bond acceptors (Lipinski definition) is 4. The molecular weight excluding hydrogens is 301 g/mol. The Hall–Kier alpha value is -1.15. The largest absolute Gasteiger partial charge is 0.417 e. The second-order valence-electron chi connectivity index (χ2n) is 5.04. The van der Waals surface area contributed by atoms with E-state index in [1.54, 1.807) is 31.2 Å². The lowest BCUT2D eigenvalue weighted by molar-refractivity contribution is -0.331. The Morgan fingerprint density at radius 3 is 2.50 bits per heavy atom. The Balaban J connectivity index is 2.03. The summed E-state index contributed by atoms with van der Waals surface area (Å²) in [6.07, 6.45) is -10.8. The lowest BCUT2D eigenvalue weighted by Crippen LogP contribution is -2.55. The van der Waals surface area contributed by atoms with Gasteiger partial charge in [-0.25, -0.2) is 0 Å². The van der Waals surface area contributed by atoms with Crippen LogP contribution in [0.3, 0.4) is 0 Å². The van der Waals surface area contributed by atoms with Crippen LogP contribution in [0, 0.1) is 0 Å². The molecule has 4 nitrogen and oxygen atoms in total. The van der Waals surface area contributed by atoms with Crippen LogP contribution in [0.1, 0.15) is 18.9 Å². The molecule has 0 bridgehead atoms. The number of aliphatic hydroxyl groups excluding tert-OH is 1. The van der Waals surface area contributed by atoms with Crippen molar-refractivity contribution in [3.8, 4) is 0 Å². The van der Waals surface area contributed by atoms with Gasteiger partial charge in [0.15, 0.2) is 12.4 Å². The van der Waals surface area contributed by atoms with Crippen LogP contribution in [-0.2, 0) is 20.8 Å². The van der Waals surface area contributed by atoms with Gasteiger partial charge in [-0.1, -0.05) is 30.3 Å². The molecule has 0 unspecified atom stereocenters. The minimum absolute atomic E-state index is 0.0500. The van der Waals surface area contributed by atoms with Crippen LogP contribution in [0.2, 0.25) is 0 Å². The summed E-state index contributed by atoms with van der Waals surface area (Å²) in [5.41, 5.74) is 0.817. The van der Waals surface area contributed by atoms with E-state index in [9.17, 15) is 18.3 Å². The Morgan fingerprint density at radius 1 is 1.23 bits per heavy atom. The van der Waals surface area contributed by atoms with Crippen molar-refractivity contribution in [2.45, 2.75) is 50.7 Å². The summed E-state index contributed by atoms with van der Waals surface area (Å²) >= 11 is 0. The van der Waals surface area contributed by atoms with Crippen molar-refractivity contribution in [2.75, 3.05) is 6.61 Å². The van der Waals surface area contributed by atoms with Gasteiger partial charge < -0.3 is 19.3 Å². The molecule has 1 saturated heterocycles. The van der Waals surface area contributed by atoms with Crippen LogP contribution in [0.15, 0.2) is 30.3 Å². The first-order valence-electron chi connectivity index (χ1n) is 7.09. The fourth-order valence-electron chi connectivity index (χ4n) is 2.33. The van der Waals surface area contributed by atoms with Gasteiger partial charge in [-0.15, -0.1) is 0 Å². The number of alkyl halides is 3. The Kier molecular flexibility index (Phi) is 5.80. The molecular formula is C15H19F3O4. The molecule has 4 atom stereocenters. The highest BCUT2D eigenvalue weighted by Gasteiger charge is 2.53. The normalized spacial score (nSPS) is 29.5. The molecule has 0 spiro atoms.